The summed E-state index contributed by atoms with van der Waals surface area (Å²) in [6.45, 7) is 0.883. The van der Waals surface area contributed by atoms with Crippen LogP contribution >= 0.6 is 0 Å². The molecule has 0 unspecified atom stereocenters. The van der Waals surface area contributed by atoms with Crippen LogP contribution in [0.1, 0.15) is 17.3 Å². The molecule has 0 bridgehead atoms. The molecule has 1 saturated heterocycles. The van der Waals surface area contributed by atoms with Gasteiger partial charge in [0.15, 0.2) is 5.78 Å². The second-order valence-electron chi connectivity index (χ2n) is 6.17. The number of aromatic nitrogens is 1. The summed E-state index contributed by atoms with van der Waals surface area (Å²) in [6.07, 6.45) is -0.0249. The lowest BCUT2D eigenvalue weighted by molar-refractivity contribution is -0.148. The van der Waals surface area contributed by atoms with E-state index in [4.69, 9.17) is 5.73 Å². The summed E-state index contributed by atoms with van der Waals surface area (Å²) in [6, 6.07) is 4.45. The number of Topliss-reactive ketones (excluding diaryl/α,β-unsaturated/α-hetero) is 1. The van der Waals surface area contributed by atoms with Crippen LogP contribution in [0.3, 0.4) is 0 Å². The van der Waals surface area contributed by atoms with E-state index in [1.165, 1.54) is 6.92 Å². The smallest absolute Gasteiger partial charge is 0.328 e. The Hall–Kier alpha value is -2.74. The maximum Gasteiger partial charge on any atom is 0.328 e. The van der Waals surface area contributed by atoms with Crippen molar-refractivity contribution in [2.75, 3.05) is 6.54 Å². The van der Waals surface area contributed by atoms with Crippen molar-refractivity contribution in [3.8, 4) is 0 Å². The number of carboxylic acids is 1. The van der Waals surface area contributed by atoms with Gasteiger partial charge in [0, 0.05) is 22.7 Å². The number of nitrogens with two attached hydrogens (primary N) is 1. The molecule has 1 aromatic heterocycles. The molecule has 1 aliphatic heterocycles. The number of amides is 1. The van der Waals surface area contributed by atoms with E-state index in [-0.39, 0.29) is 18.9 Å². The van der Waals surface area contributed by atoms with Crippen molar-refractivity contribution < 1.29 is 23.9 Å². The van der Waals surface area contributed by atoms with Crippen LogP contribution in [0, 0.1) is 0 Å². The van der Waals surface area contributed by atoms with Gasteiger partial charge in [-0.05, 0) is 13.0 Å². The minimum atomic E-state index is -1.58. The van der Waals surface area contributed by atoms with E-state index in [0.29, 0.717) is 16.5 Å². The van der Waals surface area contributed by atoms with Crippen molar-refractivity contribution in [3.05, 3.63) is 36.0 Å². The second kappa shape index (κ2) is 6.29. The largest absolute Gasteiger partial charge is 0.480 e. The van der Waals surface area contributed by atoms with Gasteiger partial charge in [-0.15, -0.1) is 0 Å². The number of fused-ring (bicyclic) bond motifs is 1. The molecule has 7 nitrogen and oxygen atoms in total. The average molecular weight is 347 g/mol. The predicted octanol–water partition coefficient (Wildman–Crippen LogP) is 0.805. The molecule has 132 valence electrons. The highest BCUT2D eigenvalue weighted by Gasteiger charge is 2.46. The molecule has 1 amide bonds. The number of alkyl halides is 1. The molecule has 25 heavy (non-hydrogen) atoms. The summed E-state index contributed by atoms with van der Waals surface area (Å²) in [5.74, 6) is -2.03. The van der Waals surface area contributed by atoms with Gasteiger partial charge in [0.25, 0.3) is 0 Å². The topological polar surface area (TPSA) is 106 Å². The van der Waals surface area contributed by atoms with Crippen LogP contribution in [-0.2, 0) is 16.1 Å². The van der Waals surface area contributed by atoms with E-state index < -0.39 is 30.1 Å². The van der Waals surface area contributed by atoms with Gasteiger partial charge in [-0.2, -0.15) is 0 Å². The summed E-state index contributed by atoms with van der Waals surface area (Å²) < 4.78 is 15.4. The van der Waals surface area contributed by atoms with E-state index in [9.17, 15) is 23.9 Å². The summed E-state index contributed by atoms with van der Waals surface area (Å²) >= 11 is 0. The zero-order valence-corrected chi connectivity index (χ0v) is 13.6. The first kappa shape index (κ1) is 17.1. The number of carbonyl (C=O) groups is 3. The maximum absolute atomic E-state index is 13.8. The third kappa shape index (κ3) is 2.89. The van der Waals surface area contributed by atoms with Gasteiger partial charge in [0.05, 0.1) is 12.6 Å². The first-order chi connectivity index (χ1) is 11.8. The molecule has 0 aliphatic carbocycles. The fourth-order valence-electron chi connectivity index (χ4n) is 3.28. The lowest BCUT2D eigenvalue weighted by Gasteiger charge is -2.23. The molecule has 1 aromatic carbocycles. The lowest BCUT2D eigenvalue weighted by Crippen LogP contribution is -2.49. The molecular weight excluding hydrogens is 329 g/mol. The SMILES string of the molecule is CC(=O)c1cn(CC(=O)N2C[C@H](F)[C@@H](N)[C@H]2C(=O)O)c2ccccc12. The molecule has 3 rings (SSSR count). The Morgan fingerprint density at radius 1 is 1.32 bits per heavy atom. The van der Waals surface area contributed by atoms with Crippen LogP contribution in [0.5, 0.6) is 0 Å². The van der Waals surface area contributed by atoms with Crippen molar-refractivity contribution in [3.63, 3.8) is 0 Å². The van der Waals surface area contributed by atoms with Crippen molar-refractivity contribution >= 4 is 28.6 Å². The van der Waals surface area contributed by atoms with E-state index in [1.807, 2.05) is 0 Å². The third-order valence-electron chi connectivity index (χ3n) is 4.54. The molecule has 1 aliphatic rings. The Bertz CT molecular complexity index is 863. The number of carbonyl (C=O) groups excluding carboxylic acids is 2. The number of hydrogen-bond donors (Lipinski definition) is 2. The molecule has 2 heterocycles. The first-order valence-electron chi connectivity index (χ1n) is 7.82. The minimum absolute atomic E-state index is 0.141. The van der Waals surface area contributed by atoms with E-state index in [2.05, 4.69) is 0 Å². The Morgan fingerprint density at radius 2 is 2.00 bits per heavy atom. The van der Waals surface area contributed by atoms with Gasteiger partial charge in [0.1, 0.15) is 18.8 Å². The number of benzene rings is 1. The van der Waals surface area contributed by atoms with E-state index in [0.717, 1.165) is 4.90 Å². The highest BCUT2D eigenvalue weighted by Crippen LogP contribution is 2.24. The number of halogens is 1. The van der Waals surface area contributed by atoms with Gasteiger partial charge in [0.2, 0.25) is 5.91 Å². The Labute approximate surface area is 142 Å². The zero-order chi connectivity index (χ0) is 18.3. The van der Waals surface area contributed by atoms with Crippen LogP contribution in [0.25, 0.3) is 10.9 Å². The highest BCUT2D eigenvalue weighted by molar-refractivity contribution is 6.07. The third-order valence-corrected chi connectivity index (χ3v) is 4.54. The Balaban J connectivity index is 1.92. The Morgan fingerprint density at radius 3 is 2.64 bits per heavy atom. The number of aliphatic carboxylic acids is 1. The fraction of sp³-hybridized carbons (Fsp3) is 0.353. The molecule has 3 atom stereocenters. The minimum Gasteiger partial charge on any atom is -0.480 e. The van der Waals surface area contributed by atoms with Crippen molar-refractivity contribution in [2.24, 2.45) is 5.73 Å². The number of rotatable bonds is 4. The number of nitrogens with zero attached hydrogens (tertiary/aromatic N) is 2. The Kier molecular flexibility index (Phi) is 4.30. The van der Waals surface area contributed by atoms with E-state index in [1.54, 1.807) is 35.0 Å². The molecule has 3 N–H and O–H groups in total. The van der Waals surface area contributed by atoms with Crippen LogP contribution < -0.4 is 5.73 Å². The molecule has 0 spiro atoms. The lowest BCUT2D eigenvalue weighted by atomic mass is 10.1. The van der Waals surface area contributed by atoms with Gasteiger partial charge in [-0.25, -0.2) is 9.18 Å². The molecule has 0 radical (unpaired) electrons. The van der Waals surface area contributed by atoms with Crippen molar-refractivity contribution in [2.45, 2.75) is 31.7 Å². The zero-order valence-electron chi connectivity index (χ0n) is 13.6. The van der Waals surface area contributed by atoms with E-state index >= 15 is 0 Å². The quantitative estimate of drug-likeness (QED) is 0.796. The molecule has 2 aromatic rings. The highest BCUT2D eigenvalue weighted by atomic mass is 19.1. The number of para-hydroxylation sites is 1. The first-order valence-corrected chi connectivity index (χ1v) is 7.82. The van der Waals surface area contributed by atoms with Crippen LogP contribution in [0.4, 0.5) is 4.39 Å². The normalized spacial score (nSPS) is 23.2. The summed E-state index contributed by atoms with van der Waals surface area (Å²) in [7, 11) is 0. The van der Waals surface area contributed by atoms with Gasteiger partial charge >= 0.3 is 5.97 Å². The maximum atomic E-state index is 13.8. The van der Waals surface area contributed by atoms with Gasteiger partial charge in [-0.3, -0.25) is 9.59 Å². The fourth-order valence-corrected chi connectivity index (χ4v) is 3.28. The average Bonchev–Trinajstić information content (AvgIpc) is 3.06. The predicted molar refractivity (Wildman–Crippen MR) is 88.0 cm³/mol. The molecule has 0 saturated carbocycles. The number of likely N-dealkylation sites (tertiary alicyclic amines) is 1. The van der Waals surface area contributed by atoms with Crippen LogP contribution in [0.15, 0.2) is 30.5 Å². The monoisotopic (exact) mass is 347 g/mol. The molecule has 1 fully saturated rings. The standard InChI is InChI=1S/C17H18FN3O4/c1-9(22)11-6-20(13-5-3-2-4-10(11)13)8-14(23)21-7-12(18)15(19)16(21)17(24)25/h2-6,12,15-16H,7-8,19H2,1H3,(H,24,25)/t12-,15+,16-/m0/s1. The molecular formula is C17H18FN3O4. The van der Waals surface area contributed by atoms with Crippen LogP contribution in [0.2, 0.25) is 0 Å². The van der Waals surface area contributed by atoms with Gasteiger partial charge < -0.3 is 20.3 Å². The van der Waals surface area contributed by atoms with Crippen LogP contribution in [-0.4, -0.2) is 57.0 Å². The summed E-state index contributed by atoms with van der Waals surface area (Å²) in [5, 5.41) is 9.95. The number of ketones is 1. The number of carboxylic acid groups (broad SMARTS) is 1. The van der Waals surface area contributed by atoms with Crippen molar-refractivity contribution in [1.29, 1.82) is 0 Å². The van der Waals surface area contributed by atoms with Crippen molar-refractivity contribution in [1.82, 2.24) is 9.47 Å². The second-order valence-corrected chi connectivity index (χ2v) is 6.17. The summed E-state index contributed by atoms with van der Waals surface area (Å²) in [5.41, 5.74) is 6.72. The number of hydrogen-bond acceptors (Lipinski definition) is 4. The van der Waals surface area contributed by atoms with Gasteiger partial charge in [-0.1, -0.05) is 18.2 Å². The molecule has 8 heteroatoms. The summed E-state index contributed by atoms with van der Waals surface area (Å²) in [4.78, 5) is 36.7.